The van der Waals surface area contributed by atoms with Gasteiger partial charge in [-0.25, -0.2) is 4.39 Å². The Morgan fingerprint density at radius 1 is 0.931 bits per heavy atom. The van der Waals surface area contributed by atoms with Crippen LogP contribution in [0.5, 0.6) is 0 Å². The number of hydrogen-bond acceptors (Lipinski definition) is 4. The number of piperazine rings is 1. The Morgan fingerprint density at radius 3 is 2.28 bits per heavy atom. The normalized spacial score (nSPS) is 14.3. The van der Waals surface area contributed by atoms with Crippen molar-refractivity contribution in [2.75, 3.05) is 43.4 Å². The molecule has 0 atom stereocenters. The molecule has 3 amide bonds. The summed E-state index contributed by atoms with van der Waals surface area (Å²) >= 11 is 0. The molecule has 1 fully saturated rings. The van der Waals surface area contributed by atoms with Gasteiger partial charge in [0.05, 0.1) is 6.54 Å². The minimum absolute atomic E-state index is 0.104. The van der Waals surface area contributed by atoms with Crippen LogP contribution in [0.15, 0.2) is 48.5 Å². The summed E-state index contributed by atoms with van der Waals surface area (Å²) in [5.74, 6) is -0.833. The molecule has 8 heteroatoms. The van der Waals surface area contributed by atoms with Crippen LogP contribution in [0, 0.1) is 5.82 Å². The summed E-state index contributed by atoms with van der Waals surface area (Å²) in [6, 6.07) is 12.5. The zero-order chi connectivity index (χ0) is 20.8. The van der Waals surface area contributed by atoms with Gasteiger partial charge in [-0.05, 0) is 42.5 Å². The van der Waals surface area contributed by atoms with E-state index < -0.39 is 0 Å². The molecule has 1 aliphatic rings. The fourth-order valence-electron chi connectivity index (χ4n) is 3.16. The summed E-state index contributed by atoms with van der Waals surface area (Å²) < 4.78 is 12.9. The molecule has 1 saturated heterocycles. The standard InChI is InChI=1S/C21H23FN4O3/c1-15(27)23-19-4-2-3-16(13-19)21(29)26-11-9-25(10-12-26)14-20(28)24-18-7-5-17(22)6-8-18/h2-8,13H,9-12,14H2,1H3,(H,23,27)(H,24,28). The zero-order valence-electron chi connectivity index (χ0n) is 16.2. The fourth-order valence-corrected chi connectivity index (χ4v) is 3.16. The molecule has 1 aliphatic heterocycles. The second-order valence-electron chi connectivity index (χ2n) is 6.89. The summed E-state index contributed by atoms with van der Waals surface area (Å²) in [7, 11) is 0. The van der Waals surface area contributed by atoms with Gasteiger partial charge in [0.1, 0.15) is 5.82 Å². The lowest BCUT2D eigenvalue weighted by Gasteiger charge is -2.34. The van der Waals surface area contributed by atoms with Crippen molar-refractivity contribution in [2.45, 2.75) is 6.92 Å². The fraction of sp³-hybridized carbons (Fsp3) is 0.286. The zero-order valence-corrected chi connectivity index (χ0v) is 16.2. The number of nitrogens with zero attached hydrogens (tertiary/aromatic N) is 2. The number of carbonyl (C=O) groups is 3. The maximum Gasteiger partial charge on any atom is 0.254 e. The second kappa shape index (κ2) is 9.29. The third-order valence-corrected chi connectivity index (χ3v) is 4.58. The molecule has 0 bridgehead atoms. The summed E-state index contributed by atoms with van der Waals surface area (Å²) in [5.41, 5.74) is 1.64. The van der Waals surface area contributed by atoms with Crippen molar-refractivity contribution < 1.29 is 18.8 Å². The molecule has 0 unspecified atom stereocenters. The lowest BCUT2D eigenvalue weighted by molar-refractivity contribution is -0.117. The lowest BCUT2D eigenvalue weighted by atomic mass is 10.1. The predicted octanol–water partition coefficient (Wildman–Crippen LogP) is 2.18. The van der Waals surface area contributed by atoms with Crippen molar-refractivity contribution in [2.24, 2.45) is 0 Å². The molecule has 2 N–H and O–H groups in total. The van der Waals surface area contributed by atoms with Gasteiger partial charge < -0.3 is 15.5 Å². The molecule has 0 saturated carbocycles. The minimum atomic E-state index is -0.355. The van der Waals surface area contributed by atoms with Crippen molar-refractivity contribution >= 4 is 29.1 Å². The molecule has 2 aromatic rings. The highest BCUT2D eigenvalue weighted by Gasteiger charge is 2.23. The van der Waals surface area contributed by atoms with E-state index in [2.05, 4.69) is 10.6 Å². The highest BCUT2D eigenvalue weighted by molar-refractivity contribution is 5.97. The minimum Gasteiger partial charge on any atom is -0.336 e. The molecule has 0 aromatic heterocycles. The van der Waals surface area contributed by atoms with Gasteiger partial charge in [0, 0.05) is 50.0 Å². The number of benzene rings is 2. The van der Waals surface area contributed by atoms with Crippen LogP contribution < -0.4 is 10.6 Å². The number of nitrogens with one attached hydrogen (secondary N) is 2. The SMILES string of the molecule is CC(=O)Nc1cccc(C(=O)N2CCN(CC(=O)Nc3ccc(F)cc3)CC2)c1. The Kier molecular flexibility index (Phi) is 6.56. The molecule has 0 spiro atoms. The van der Waals surface area contributed by atoms with Crippen LogP contribution in [-0.4, -0.2) is 60.2 Å². The van der Waals surface area contributed by atoms with Crippen LogP contribution in [0.1, 0.15) is 17.3 Å². The molecule has 7 nitrogen and oxygen atoms in total. The topological polar surface area (TPSA) is 81.8 Å². The van der Waals surface area contributed by atoms with Crippen LogP contribution in [0.4, 0.5) is 15.8 Å². The van der Waals surface area contributed by atoms with E-state index in [9.17, 15) is 18.8 Å². The molecule has 0 aliphatic carbocycles. The summed E-state index contributed by atoms with van der Waals surface area (Å²) in [4.78, 5) is 39.8. The highest BCUT2D eigenvalue weighted by atomic mass is 19.1. The van der Waals surface area contributed by atoms with Gasteiger partial charge in [0.2, 0.25) is 11.8 Å². The second-order valence-corrected chi connectivity index (χ2v) is 6.89. The van der Waals surface area contributed by atoms with Crippen molar-refractivity contribution in [3.8, 4) is 0 Å². The molecule has 1 heterocycles. The number of amides is 3. The molecule has 3 rings (SSSR count). The third-order valence-electron chi connectivity index (χ3n) is 4.58. The first-order valence-corrected chi connectivity index (χ1v) is 9.35. The van der Waals surface area contributed by atoms with Crippen LogP contribution in [-0.2, 0) is 9.59 Å². The number of carbonyl (C=O) groups excluding carboxylic acids is 3. The van der Waals surface area contributed by atoms with Gasteiger partial charge in [-0.15, -0.1) is 0 Å². The van der Waals surface area contributed by atoms with Gasteiger partial charge in [-0.3, -0.25) is 19.3 Å². The molecule has 152 valence electrons. The molecular weight excluding hydrogens is 375 g/mol. The van der Waals surface area contributed by atoms with Crippen molar-refractivity contribution in [1.29, 1.82) is 0 Å². The molecule has 2 aromatic carbocycles. The van der Waals surface area contributed by atoms with E-state index in [1.807, 2.05) is 4.90 Å². The van der Waals surface area contributed by atoms with Gasteiger partial charge in [0.25, 0.3) is 5.91 Å². The summed E-state index contributed by atoms with van der Waals surface area (Å²) in [5, 5.41) is 5.41. The maximum absolute atomic E-state index is 12.9. The Morgan fingerprint density at radius 2 is 1.62 bits per heavy atom. The van der Waals surface area contributed by atoms with Crippen molar-refractivity contribution in [1.82, 2.24) is 9.80 Å². The number of hydrogen-bond donors (Lipinski definition) is 2. The number of anilines is 2. The predicted molar refractivity (Wildman–Crippen MR) is 108 cm³/mol. The van der Waals surface area contributed by atoms with Gasteiger partial charge >= 0.3 is 0 Å². The first-order chi connectivity index (χ1) is 13.9. The van der Waals surface area contributed by atoms with Crippen molar-refractivity contribution in [3.05, 3.63) is 59.9 Å². The highest BCUT2D eigenvalue weighted by Crippen LogP contribution is 2.14. The van der Waals surface area contributed by atoms with Crippen LogP contribution in [0.3, 0.4) is 0 Å². The Balaban J connectivity index is 1.49. The van der Waals surface area contributed by atoms with E-state index >= 15 is 0 Å². The maximum atomic E-state index is 12.9. The van der Waals surface area contributed by atoms with E-state index in [-0.39, 0.29) is 30.1 Å². The van der Waals surface area contributed by atoms with E-state index in [1.54, 1.807) is 29.2 Å². The van der Waals surface area contributed by atoms with E-state index in [1.165, 1.54) is 31.2 Å². The van der Waals surface area contributed by atoms with Crippen LogP contribution in [0.2, 0.25) is 0 Å². The van der Waals surface area contributed by atoms with Crippen LogP contribution in [0.25, 0.3) is 0 Å². The molecule has 29 heavy (non-hydrogen) atoms. The molecular formula is C21H23FN4O3. The third kappa shape index (κ3) is 5.86. The average Bonchev–Trinajstić information content (AvgIpc) is 2.69. The van der Waals surface area contributed by atoms with E-state index in [4.69, 9.17) is 0 Å². The quantitative estimate of drug-likeness (QED) is 0.809. The Bertz CT molecular complexity index is 893. The lowest BCUT2D eigenvalue weighted by Crippen LogP contribution is -2.50. The van der Waals surface area contributed by atoms with Crippen molar-refractivity contribution in [3.63, 3.8) is 0 Å². The summed E-state index contributed by atoms with van der Waals surface area (Å²) in [6.07, 6.45) is 0. The Hall–Kier alpha value is -3.26. The summed E-state index contributed by atoms with van der Waals surface area (Å²) in [6.45, 7) is 3.79. The van der Waals surface area contributed by atoms with Gasteiger partial charge in [0.15, 0.2) is 0 Å². The van der Waals surface area contributed by atoms with Gasteiger partial charge in [-0.1, -0.05) is 6.07 Å². The van der Waals surface area contributed by atoms with Gasteiger partial charge in [-0.2, -0.15) is 0 Å². The molecule has 0 radical (unpaired) electrons. The number of rotatable bonds is 5. The largest absolute Gasteiger partial charge is 0.336 e. The monoisotopic (exact) mass is 398 g/mol. The van der Waals surface area contributed by atoms with E-state index in [0.29, 0.717) is 43.1 Å². The first kappa shape index (κ1) is 20.5. The number of halogens is 1. The smallest absolute Gasteiger partial charge is 0.254 e. The Labute approximate surface area is 168 Å². The average molecular weight is 398 g/mol. The van der Waals surface area contributed by atoms with Crippen LogP contribution >= 0.6 is 0 Å². The van der Waals surface area contributed by atoms with E-state index in [0.717, 1.165) is 0 Å². The first-order valence-electron chi connectivity index (χ1n) is 9.35.